The minimum Gasteiger partial charge on any atom is -0.461 e. The van der Waals surface area contributed by atoms with Crippen LogP contribution in [0.4, 0.5) is 0 Å². The molecule has 0 radical (unpaired) electrons. The SMILES string of the molecule is CC1=C/C(=C/[C@@H](C)[C@H]2OC(=O)[C@H]([C@H]3C[C@]4(O)C[C@]56OC(=O)C[C@H]5OC(C)(C)[C@@H]6CC[C@@H]4[C@H]3O)[C@@H]2C)OC1=O. The van der Waals surface area contributed by atoms with Crippen LogP contribution in [-0.2, 0) is 33.3 Å². The molecular weight excluding hydrogens is 492 g/mol. The summed E-state index contributed by atoms with van der Waals surface area (Å²) in [7, 11) is 0. The quantitative estimate of drug-likeness (QED) is 0.418. The maximum atomic E-state index is 13.2. The molecular formula is C29H38O9. The largest absolute Gasteiger partial charge is 0.461 e. The Bertz CT molecular complexity index is 1140. The van der Waals surface area contributed by atoms with Gasteiger partial charge in [-0.3, -0.25) is 9.59 Å². The number of ether oxygens (including phenoxy) is 4. The summed E-state index contributed by atoms with van der Waals surface area (Å²) in [5.41, 5.74) is -2.20. The molecule has 4 heterocycles. The van der Waals surface area contributed by atoms with Gasteiger partial charge in [0.05, 0.1) is 29.6 Å². The first-order valence-electron chi connectivity index (χ1n) is 13.9. The summed E-state index contributed by atoms with van der Waals surface area (Å²) >= 11 is 0. The van der Waals surface area contributed by atoms with Crippen LogP contribution in [0, 0.1) is 35.5 Å². The molecule has 0 aromatic heterocycles. The van der Waals surface area contributed by atoms with Gasteiger partial charge < -0.3 is 29.2 Å². The lowest BCUT2D eigenvalue weighted by atomic mass is 9.71. The third kappa shape index (κ3) is 3.64. The summed E-state index contributed by atoms with van der Waals surface area (Å²) in [6, 6.07) is 0. The third-order valence-electron chi connectivity index (χ3n) is 10.5. The van der Waals surface area contributed by atoms with Gasteiger partial charge in [-0.2, -0.15) is 0 Å². The minimum absolute atomic E-state index is 0.0808. The molecule has 38 heavy (non-hydrogen) atoms. The van der Waals surface area contributed by atoms with Gasteiger partial charge in [-0.15, -0.1) is 0 Å². The van der Waals surface area contributed by atoms with Gasteiger partial charge in [0.15, 0.2) is 0 Å². The van der Waals surface area contributed by atoms with Crippen LogP contribution in [0.1, 0.15) is 66.7 Å². The third-order valence-corrected chi connectivity index (χ3v) is 10.5. The second kappa shape index (κ2) is 8.38. The van der Waals surface area contributed by atoms with Crippen molar-refractivity contribution in [3.8, 4) is 0 Å². The van der Waals surface area contributed by atoms with Gasteiger partial charge in [-0.05, 0) is 52.2 Å². The summed E-state index contributed by atoms with van der Waals surface area (Å²) < 4.78 is 23.4. The number of carbonyl (C=O) groups excluding carboxylic acids is 3. The number of hydrogen-bond acceptors (Lipinski definition) is 9. The average Bonchev–Trinajstić information content (AvgIpc) is 3.47. The Morgan fingerprint density at radius 2 is 1.92 bits per heavy atom. The van der Waals surface area contributed by atoms with Crippen LogP contribution in [0.25, 0.3) is 0 Å². The normalized spacial score (nSPS) is 49.1. The summed E-state index contributed by atoms with van der Waals surface area (Å²) in [5.74, 6) is -2.65. The van der Waals surface area contributed by atoms with Crippen molar-refractivity contribution in [3.05, 3.63) is 23.5 Å². The fourth-order valence-electron chi connectivity index (χ4n) is 8.90. The fourth-order valence-corrected chi connectivity index (χ4v) is 8.90. The molecule has 0 amide bonds. The van der Waals surface area contributed by atoms with Crippen molar-refractivity contribution in [2.75, 3.05) is 0 Å². The van der Waals surface area contributed by atoms with E-state index in [1.165, 1.54) is 0 Å². The predicted molar refractivity (Wildman–Crippen MR) is 132 cm³/mol. The molecule has 0 aromatic rings. The Morgan fingerprint density at radius 1 is 1.18 bits per heavy atom. The maximum Gasteiger partial charge on any atom is 0.339 e. The molecule has 6 rings (SSSR count). The van der Waals surface area contributed by atoms with Crippen LogP contribution >= 0.6 is 0 Å². The van der Waals surface area contributed by atoms with E-state index in [9.17, 15) is 24.6 Å². The second-order valence-corrected chi connectivity index (χ2v) is 13.1. The maximum absolute atomic E-state index is 13.2. The van der Waals surface area contributed by atoms with Crippen molar-refractivity contribution in [1.29, 1.82) is 0 Å². The molecule has 4 aliphatic heterocycles. The highest BCUT2D eigenvalue weighted by molar-refractivity contribution is 5.92. The molecule has 2 N–H and O–H groups in total. The van der Waals surface area contributed by atoms with Gasteiger partial charge in [-0.1, -0.05) is 13.8 Å². The highest BCUT2D eigenvalue weighted by Crippen LogP contribution is 2.62. The number of allylic oxidation sites excluding steroid dienone is 1. The van der Waals surface area contributed by atoms with Gasteiger partial charge in [0.1, 0.15) is 23.6 Å². The molecule has 2 saturated carbocycles. The molecule has 1 spiro atoms. The number of carbonyl (C=O) groups is 3. The van der Waals surface area contributed by atoms with E-state index in [2.05, 4.69) is 0 Å². The van der Waals surface area contributed by atoms with E-state index in [0.717, 1.165) is 0 Å². The molecule has 0 bridgehead atoms. The van der Waals surface area contributed by atoms with Crippen molar-refractivity contribution in [2.45, 2.75) is 102 Å². The predicted octanol–water partition coefficient (Wildman–Crippen LogP) is 2.58. The molecule has 0 aromatic carbocycles. The lowest BCUT2D eigenvalue weighted by Crippen LogP contribution is -2.50. The monoisotopic (exact) mass is 530 g/mol. The number of hydrogen-bond donors (Lipinski definition) is 2. The first-order valence-corrected chi connectivity index (χ1v) is 13.9. The standard InChI is InChI=1S/C29H38O9/c1-13(8-16-9-14(2)25(32)35-16)24-15(3)22(26(33)36-24)17-11-28(34)12-29-19(7-6-18(28)23(17)31)27(4,5)37-20(29)10-21(30)38-29/h8-9,13,15,17-20,22-24,31,34H,6-7,10-12H2,1-5H3/b16-8-/t13-,15+,17-,18-,19+,20-,22+,23+,24-,28+,29-/m1/s1. The van der Waals surface area contributed by atoms with Gasteiger partial charge in [-0.25, -0.2) is 4.79 Å². The number of aliphatic hydroxyl groups excluding tert-OH is 1. The molecule has 208 valence electrons. The summed E-state index contributed by atoms with van der Waals surface area (Å²) in [5, 5.41) is 23.7. The molecule has 9 nitrogen and oxygen atoms in total. The van der Waals surface area contributed by atoms with E-state index in [-0.39, 0.29) is 54.9 Å². The summed E-state index contributed by atoms with van der Waals surface area (Å²) in [6.45, 7) is 9.56. The first kappa shape index (κ1) is 26.0. The molecule has 6 aliphatic rings. The Morgan fingerprint density at radius 3 is 2.61 bits per heavy atom. The first-order chi connectivity index (χ1) is 17.8. The zero-order valence-electron chi connectivity index (χ0n) is 22.6. The Balaban J connectivity index is 1.24. The van der Waals surface area contributed by atoms with Gasteiger partial charge in [0.2, 0.25) is 0 Å². The highest BCUT2D eigenvalue weighted by Gasteiger charge is 2.72. The van der Waals surface area contributed by atoms with E-state index in [4.69, 9.17) is 18.9 Å². The Kier molecular flexibility index (Phi) is 5.74. The summed E-state index contributed by atoms with van der Waals surface area (Å²) in [6.07, 6.45) is 3.49. The molecule has 2 aliphatic carbocycles. The minimum atomic E-state index is -1.29. The molecule has 11 atom stereocenters. The Hall–Kier alpha value is -2.23. The number of esters is 3. The number of aliphatic hydroxyl groups is 2. The topological polar surface area (TPSA) is 129 Å². The van der Waals surface area contributed by atoms with Gasteiger partial charge in [0, 0.05) is 41.6 Å². The Labute approximate surface area is 222 Å². The van der Waals surface area contributed by atoms with E-state index in [0.29, 0.717) is 24.2 Å². The fraction of sp³-hybridized carbons (Fsp3) is 0.759. The lowest BCUT2D eigenvalue weighted by Gasteiger charge is -2.38. The van der Waals surface area contributed by atoms with Crippen LogP contribution < -0.4 is 0 Å². The highest BCUT2D eigenvalue weighted by atomic mass is 16.6. The zero-order chi connectivity index (χ0) is 27.4. The molecule has 5 fully saturated rings. The number of rotatable bonds is 3. The number of cyclic esters (lactones) is 2. The van der Waals surface area contributed by atoms with Crippen LogP contribution in [0.5, 0.6) is 0 Å². The van der Waals surface area contributed by atoms with Gasteiger partial charge >= 0.3 is 17.9 Å². The zero-order valence-corrected chi connectivity index (χ0v) is 22.6. The smallest absolute Gasteiger partial charge is 0.339 e. The van der Waals surface area contributed by atoms with Crippen LogP contribution in [0.15, 0.2) is 23.5 Å². The van der Waals surface area contributed by atoms with Crippen molar-refractivity contribution >= 4 is 17.9 Å². The van der Waals surface area contributed by atoms with E-state index in [1.807, 2.05) is 27.7 Å². The van der Waals surface area contributed by atoms with E-state index in [1.54, 1.807) is 19.1 Å². The van der Waals surface area contributed by atoms with E-state index < -0.39 is 52.9 Å². The second-order valence-electron chi connectivity index (χ2n) is 13.1. The van der Waals surface area contributed by atoms with Crippen molar-refractivity contribution < 1.29 is 43.5 Å². The van der Waals surface area contributed by atoms with Gasteiger partial charge in [0.25, 0.3) is 0 Å². The molecule has 9 heteroatoms. The van der Waals surface area contributed by atoms with Crippen LogP contribution in [-0.4, -0.2) is 63.2 Å². The summed E-state index contributed by atoms with van der Waals surface area (Å²) in [4.78, 5) is 37.3. The molecule has 0 unspecified atom stereocenters. The van der Waals surface area contributed by atoms with Crippen molar-refractivity contribution in [3.63, 3.8) is 0 Å². The lowest BCUT2D eigenvalue weighted by molar-refractivity contribution is -0.160. The van der Waals surface area contributed by atoms with Crippen molar-refractivity contribution in [2.24, 2.45) is 35.5 Å². The van der Waals surface area contributed by atoms with Crippen molar-refractivity contribution in [1.82, 2.24) is 0 Å². The molecule has 3 saturated heterocycles. The number of fused-ring (bicyclic) bond motifs is 1. The van der Waals surface area contributed by atoms with Crippen LogP contribution in [0.2, 0.25) is 0 Å². The van der Waals surface area contributed by atoms with E-state index >= 15 is 0 Å². The van der Waals surface area contributed by atoms with Crippen LogP contribution in [0.3, 0.4) is 0 Å². The average molecular weight is 531 g/mol.